The fourth-order valence-corrected chi connectivity index (χ4v) is 1.57. The third kappa shape index (κ3) is 3.44. The molecule has 0 aliphatic rings. The third-order valence-corrected chi connectivity index (χ3v) is 2.41. The van der Waals surface area contributed by atoms with Gasteiger partial charge in [-0.3, -0.25) is 0 Å². The van der Waals surface area contributed by atoms with Crippen molar-refractivity contribution in [3.8, 4) is 0 Å². The van der Waals surface area contributed by atoms with Gasteiger partial charge in [-0.05, 0) is 36.3 Å². The molecule has 1 N–H and O–H groups in total. The molecule has 15 heavy (non-hydrogen) atoms. The molecule has 0 spiro atoms. The second kappa shape index (κ2) is 6.30. The van der Waals surface area contributed by atoms with E-state index in [0.717, 1.165) is 18.5 Å². The van der Waals surface area contributed by atoms with Gasteiger partial charge in [-0.1, -0.05) is 30.4 Å². The molecule has 0 amide bonds. The summed E-state index contributed by atoms with van der Waals surface area (Å²) in [6.07, 6.45) is 3.59. The number of rotatable bonds is 5. The van der Waals surface area contributed by atoms with E-state index < -0.39 is 0 Å². The Hall–Kier alpha value is -1.22. The van der Waals surface area contributed by atoms with Crippen LogP contribution in [0.25, 0.3) is 0 Å². The first-order valence-electron chi connectivity index (χ1n) is 5.01. The minimum Gasteiger partial charge on any atom is -0.379 e. The maximum Gasteiger partial charge on any atom is 0.0883 e. The van der Waals surface area contributed by atoms with E-state index in [1.807, 2.05) is 7.05 Å². The standard InChI is InChI=1S/C12H16N2S/c1-10-5-3-6-11(7-4-8-15)12(10)14-9-13-2/h3,5-6,8-9H,4,7H2,1-2H3,(H,13,14). The smallest absolute Gasteiger partial charge is 0.0883 e. The number of aliphatic imine (C=N–C) groups is 1. The molecule has 2 nitrogen and oxygen atoms in total. The van der Waals surface area contributed by atoms with Crippen LogP contribution in [0.3, 0.4) is 0 Å². The van der Waals surface area contributed by atoms with E-state index in [-0.39, 0.29) is 0 Å². The number of nitrogens with zero attached hydrogens (tertiary/aromatic N) is 1. The molecule has 0 heterocycles. The topological polar surface area (TPSA) is 24.4 Å². The minimum atomic E-state index is 0.918. The zero-order valence-electron chi connectivity index (χ0n) is 9.16. The highest BCUT2D eigenvalue weighted by molar-refractivity contribution is 7.78. The zero-order chi connectivity index (χ0) is 11.1. The highest BCUT2D eigenvalue weighted by atomic mass is 32.1. The molecule has 0 aliphatic heterocycles. The van der Waals surface area contributed by atoms with E-state index in [1.165, 1.54) is 11.1 Å². The van der Waals surface area contributed by atoms with Crippen molar-refractivity contribution in [2.24, 2.45) is 4.99 Å². The number of thiocarbonyl (C=S) groups is 1. The van der Waals surface area contributed by atoms with Crippen LogP contribution in [-0.2, 0) is 6.42 Å². The molecule has 0 aliphatic carbocycles. The molecule has 80 valence electrons. The van der Waals surface area contributed by atoms with Gasteiger partial charge in [0.1, 0.15) is 0 Å². The molecule has 1 rings (SSSR count). The number of hydrogen-bond acceptors (Lipinski definition) is 2. The van der Waals surface area contributed by atoms with Crippen molar-refractivity contribution in [1.29, 1.82) is 0 Å². The van der Waals surface area contributed by atoms with Crippen LogP contribution in [0, 0.1) is 6.92 Å². The van der Waals surface area contributed by atoms with E-state index in [2.05, 4.69) is 35.4 Å². The van der Waals surface area contributed by atoms with E-state index in [0.29, 0.717) is 0 Å². The van der Waals surface area contributed by atoms with Gasteiger partial charge >= 0.3 is 0 Å². The van der Waals surface area contributed by atoms with Gasteiger partial charge in [-0.2, -0.15) is 0 Å². The van der Waals surface area contributed by atoms with Crippen LogP contribution in [0.15, 0.2) is 23.2 Å². The monoisotopic (exact) mass is 220 g/mol. The average Bonchev–Trinajstić information content (AvgIpc) is 2.25. The maximum absolute atomic E-state index is 4.84. The number of benzene rings is 1. The molecule has 0 radical (unpaired) electrons. The summed E-state index contributed by atoms with van der Waals surface area (Å²) in [6.45, 7) is 2.07. The van der Waals surface area contributed by atoms with Crippen LogP contribution in [-0.4, -0.2) is 18.8 Å². The third-order valence-electron chi connectivity index (χ3n) is 2.18. The van der Waals surface area contributed by atoms with Crippen LogP contribution < -0.4 is 5.32 Å². The second-order valence-electron chi connectivity index (χ2n) is 3.33. The van der Waals surface area contributed by atoms with Crippen LogP contribution in [0.5, 0.6) is 0 Å². The van der Waals surface area contributed by atoms with Crippen molar-refractivity contribution in [2.75, 3.05) is 7.05 Å². The van der Waals surface area contributed by atoms with Gasteiger partial charge in [-0.15, -0.1) is 0 Å². The summed E-state index contributed by atoms with van der Waals surface area (Å²) in [5.74, 6) is 0. The van der Waals surface area contributed by atoms with E-state index in [1.54, 1.807) is 11.7 Å². The summed E-state index contributed by atoms with van der Waals surface area (Å²) >= 11 is 4.84. The largest absolute Gasteiger partial charge is 0.379 e. The molecule has 0 saturated heterocycles. The maximum atomic E-state index is 4.84. The Balaban J connectivity index is 2.97. The van der Waals surface area contributed by atoms with Crippen LogP contribution in [0.2, 0.25) is 0 Å². The lowest BCUT2D eigenvalue weighted by atomic mass is 10.0. The minimum absolute atomic E-state index is 0.918. The van der Waals surface area contributed by atoms with Crippen molar-refractivity contribution < 1.29 is 0 Å². The summed E-state index contributed by atoms with van der Waals surface area (Å²) in [5, 5.41) is 4.68. The molecular formula is C12H16N2S. The Morgan fingerprint density at radius 1 is 1.47 bits per heavy atom. The fourth-order valence-electron chi connectivity index (χ4n) is 1.45. The van der Waals surface area contributed by atoms with Gasteiger partial charge < -0.3 is 5.32 Å². The lowest BCUT2D eigenvalue weighted by molar-refractivity contribution is 1.05. The molecule has 0 atom stereocenters. The number of hydrogen-bond donors (Lipinski definition) is 1. The van der Waals surface area contributed by atoms with Crippen molar-refractivity contribution in [3.63, 3.8) is 0 Å². The molecule has 0 saturated carbocycles. The summed E-state index contributed by atoms with van der Waals surface area (Å²) in [4.78, 5) is 4.39. The molecule has 1 aromatic rings. The number of para-hydroxylation sites is 1. The molecule has 1 aromatic carbocycles. The SMILES string of the molecule is CNC=Nc1c(C)cccc1CCC=S. The zero-order valence-corrected chi connectivity index (χ0v) is 9.97. The molecule has 0 bridgehead atoms. The van der Waals surface area contributed by atoms with E-state index in [4.69, 9.17) is 12.2 Å². The van der Waals surface area contributed by atoms with Gasteiger partial charge in [0.05, 0.1) is 12.0 Å². The molecule has 3 heteroatoms. The Morgan fingerprint density at radius 3 is 2.93 bits per heavy atom. The van der Waals surface area contributed by atoms with Gasteiger partial charge in [0.15, 0.2) is 0 Å². The van der Waals surface area contributed by atoms with Crippen molar-refractivity contribution in [2.45, 2.75) is 19.8 Å². The van der Waals surface area contributed by atoms with Gasteiger partial charge in [-0.25, -0.2) is 4.99 Å². The van der Waals surface area contributed by atoms with Gasteiger partial charge in [0.2, 0.25) is 0 Å². The molecule has 0 aromatic heterocycles. The fraction of sp³-hybridized carbons (Fsp3) is 0.333. The first-order chi connectivity index (χ1) is 7.29. The lowest BCUT2D eigenvalue weighted by Gasteiger charge is -2.06. The van der Waals surface area contributed by atoms with Crippen molar-refractivity contribution in [3.05, 3.63) is 29.3 Å². The van der Waals surface area contributed by atoms with Gasteiger partial charge in [0, 0.05) is 7.05 Å². The molecule has 0 fully saturated rings. The predicted molar refractivity (Wildman–Crippen MR) is 70.4 cm³/mol. The van der Waals surface area contributed by atoms with E-state index >= 15 is 0 Å². The van der Waals surface area contributed by atoms with Crippen LogP contribution >= 0.6 is 12.2 Å². The van der Waals surface area contributed by atoms with Gasteiger partial charge in [0.25, 0.3) is 0 Å². The van der Waals surface area contributed by atoms with Crippen LogP contribution in [0.4, 0.5) is 5.69 Å². The first kappa shape index (κ1) is 11.9. The Bertz CT molecular complexity index is 359. The average molecular weight is 220 g/mol. The molecule has 0 unspecified atom stereocenters. The predicted octanol–water partition coefficient (Wildman–Crippen LogP) is 2.81. The number of nitrogens with one attached hydrogen (secondary N) is 1. The van der Waals surface area contributed by atoms with Crippen molar-refractivity contribution >= 4 is 29.6 Å². The quantitative estimate of drug-likeness (QED) is 0.469. The highest BCUT2D eigenvalue weighted by Crippen LogP contribution is 2.24. The highest BCUT2D eigenvalue weighted by Gasteiger charge is 2.02. The summed E-state index contributed by atoms with van der Waals surface area (Å²) in [5.41, 5.74) is 3.51. The summed E-state index contributed by atoms with van der Waals surface area (Å²) in [6, 6.07) is 6.24. The Morgan fingerprint density at radius 2 is 2.27 bits per heavy atom. The second-order valence-corrected chi connectivity index (χ2v) is 3.67. The normalized spacial score (nSPS) is 10.5. The summed E-state index contributed by atoms with van der Waals surface area (Å²) < 4.78 is 0. The summed E-state index contributed by atoms with van der Waals surface area (Å²) in [7, 11) is 1.85. The van der Waals surface area contributed by atoms with Crippen molar-refractivity contribution in [1.82, 2.24) is 5.32 Å². The van der Waals surface area contributed by atoms with Crippen LogP contribution in [0.1, 0.15) is 17.5 Å². The number of aryl methyl sites for hydroxylation is 2. The lowest BCUT2D eigenvalue weighted by Crippen LogP contribution is -2.00. The first-order valence-corrected chi connectivity index (χ1v) is 5.48. The Kier molecular flexibility index (Phi) is 4.98. The Labute approximate surface area is 96.4 Å². The molecular weight excluding hydrogens is 204 g/mol. The van der Waals surface area contributed by atoms with E-state index in [9.17, 15) is 0 Å².